The fourth-order valence-electron chi connectivity index (χ4n) is 1.52. The van der Waals surface area contributed by atoms with Gasteiger partial charge in [0, 0.05) is 25.3 Å². The predicted molar refractivity (Wildman–Crippen MR) is 72.9 cm³/mol. The molecule has 0 radical (unpaired) electrons. The van der Waals surface area contributed by atoms with E-state index in [1.807, 2.05) is 0 Å². The number of anilines is 1. The highest BCUT2D eigenvalue weighted by molar-refractivity contribution is 6.39. The van der Waals surface area contributed by atoms with E-state index in [1.165, 1.54) is 21.3 Å². The highest BCUT2D eigenvalue weighted by Gasteiger charge is 2.18. The van der Waals surface area contributed by atoms with Crippen LogP contribution < -0.4 is 14.8 Å². The fourth-order valence-corrected chi connectivity index (χ4v) is 1.52. The van der Waals surface area contributed by atoms with Gasteiger partial charge in [-0.25, -0.2) is 0 Å². The molecule has 20 heavy (non-hydrogen) atoms. The van der Waals surface area contributed by atoms with Crippen molar-refractivity contribution in [1.82, 2.24) is 4.90 Å². The number of hydrogen-bond donors (Lipinski definition) is 2. The van der Waals surface area contributed by atoms with Crippen molar-refractivity contribution < 1.29 is 24.2 Å². The lowest BCUT2D eigenvalue weighted by atomic mass is 10.2. The third-order valence-electron chi connectivity index (χ3n) is 2.62. The fraction of sp³-hybridized carbons (Fsp3) is 0.385. The second kappa shape index (κ2) is 7.34. The summed E-state index contributed by atoms with van der Waals surface area (Å²) in [6.45, 7) is -0.107. The lowest BCUT2D eigenvalue weighted by Gasteiger charge is -2.15. The lowest BCUT2D eigenvalue weighted by molar-refractivity contribution is -0.142. The molecule has 0 saturated heterocycles. The van der Waals surface area contributed by atoms with Gasteiger partial charge in [0.1, 0.15) is 0 Å². The van der Waals surface area contributed by atoms with Crippen LogP contribution in [0.5, 0.6) is 11.5 Å². The Balaban J connectivity index is 2.78. The number of nitrogens with one attached hydrogen (secondary N) is 1. The molecule has 2 N–H and O–H groups in total. The molecule has 7 heteroatoms. The number of aliphatic hydroxyl groups excluding tert-OH is 1. The van der Waals surface area contributed by atoms with Gasteiger partial charge in [-0.05, 0) is 12.1 Å². The van der Waals surface area contributed by atoms with Crippen molar-refractivity contribution in [2.45, 2.75) is 0 Å². The Morgan fingerprint density at radius 1 is 1.25 bits per heavy atom. The summed E-state index contributed by atoms with van der Waals surface area (Å²) in [5.74, 6) is -0.544. The van der Waals surface area contributed by atoms with Gasteiger partial charge in [0.15, 0.2) is 11.5 Å². The summed E-state index contributed by atoms with van der Waals surface area (Å²) in [6.07, 6.45) is 0. The molecular weight excluding hydrogens is 264 g/mol. The molecule has 0 aliphatic heterocycles. The Morgan fingerprint density at radius 2 is 1.90 bits per heavy atom. The molecule has 0 spiro atoms. The highest BCUT2D eigenvalue weighted by Crippen LogP contribution is 2.29. The van der Waals surface area contributed by atoms with E-state index in [0.29, 0.717) is 17.2 Å². The van der Waals surface area contributed by atoms with E-state index in [9.17, 15) is 9.59 Å². The SMILES string of the molecule is COc1ccc(NC(=O)C(=O)N(C)CCO)cc1OC. The molecular formula is C13H18N2O5. The minimum Gasteiger partial charge on any atom is -0.493 e. The quantitative estimate of drug-likeness (QED) is 0.747. The number of ether oxygens (including phenoxy) is 2. The maximum Gasteiger partial charge on any atom is 0.313 e. The molecule has 0 aliphatic carbocycles. The van der Waals surface area contributed by atoms with Gasteiger partial charge in [0.2, 0.25) is 0 Å². The minimum absolute atomic E-state index is 0.0954. The molecule has 0 aromatic heterocycles. The number of benzene rings is 1. The number of hydrogen-bond acceptors (Lipinski definition) is 5. The monoisotopic (exact) mass is 282 g/mol. The summed E-state index contributed by atoms with van der Waals surface area (Å²) in [7, 11) is 4.42. The van der Waals surface area contributed by atoms with Crippen molar-refractivity contribution in [1.29, 1.82) is 0 Å². The zero-order valence-corrected chi connectivity index (χ0v) is 11.7. The van der Waals surface area contributed by atoms with Gasteiger partial charge in [-0.1, -0.05) is 0 Å². The van der Waals surface area contributed by atoms with Crippen molar-refractivity contribution in [3.63, 3.8) is 0 Å². The number of aliphatic hydroxyl groups is 1. The Morgan fingerprint density at radius 3 is 2.45 bits per heavy atom. The average Bonchev–Trinajstić information content (AvgIpc) is 2.46. The van der Waals surface area contributed by atoms with Crippen LogP contribution >= 0.6 is 0 Å². The van der Waals surface area contributed by atoms with Crippen LogP contribution in [-0.4, -0.2) is 56.2 Å². The number of likely N-dealkylation sites (N-methyl/N-ethyl adjacent to an activating group) is 1. The molecule has 0 aliphatic rings. The first-order valence-electron chi connectivity index (χ1n) is 5.92. The minimum atomic E-state index is -0.784. The summed E-state index contributed by atoms with van der Waals surface area (Å²) in [5.41, 5.74) is 0.415. The van der Waals surface area contributed by atoms with E-state index in [0.717, 1.165) is 4.90 Å². The first-order chi connectivity index (χ1) is 9.53. The summed E-state index contributed by atoms with van der Waals surface area (Å²) >= 11 is 0. The molecule has 1 aromatic carbocycles. The van der Waals surface area contributed by atoms with E-state index < -0.39 is 11.8 Å². The van der Waals surface area contributed by atoms with Gasteiger partial charge >= 0.3 is 11.8 Å². The summed E-state index contributed by atoms with van der Waals surface area (Å²) in [4.78, 5) is 24.5. The van der Waals surface area contributed by atoms with Gasteiger partial charge < -0.3 is 24.8 Å². The van der Waals surface area contributed by atoms with Gasteiger partial charge in [-0.2, -0.15) is 0 Å². The Labute approximate surface area is 117 Å². The van der Waals surface area contributed by atoms with Crippen LogP contribution in [0, 0.1) is 0 Å². The largest absolute Gasteiger partial charge is 0.493 e. The van der Waals surface area contributed by atoms with Crippen LogP contribution in [0.2, 0.25) is 0 Å². The van der Waals surface area contributed by atoms with E-state index in [-0.39, 0.29) is 13.2 Å². The molecule has 0 unspecified atom stereocenters. The number of nitrogens with zero attached hydrogens (tertiary/aromatic N) is 1. The maximum atomic E-state index is 11.7. The Hall–Kier alpha value is -2.28. The molecule has 0 saturated carbocycles. The van der Waals surface area contributed by atoms with E-state index in [2.05, 4.69) is 5.32 Å². The first kappa shape index (κ1) is 15.8. The normalized spacial score (nSPS) is 9.80. The average molecular weight is 282 g/mol. The summed E-state index contributed by atoms with van der Waals surface area (Å²) in [6, 6.07) is 4.77. The first-order valence-corrected chi connectivity index (χ1v) is 5.92. The van der Waals surface area contributed by atoms with Crippen molar-refractivity contribution in [3.05, 3.63) is 18.2 Å². The van der Waals surface area contributed by atoms with Crippen LogP contribution in [0.25, 0.3) is 0 Å². The molecule has 1 rings (SSSR count). The number of amides is 2. The Bertz CT molecular complexity index is 490. The summed E-state index contributed by atoms with van der Waals surface area (Å²) in [5, 5.41) is 11.2. The zero-order chi connectivity index (χ0) is 15.1. The van der Waals surface area contributed by atoms with Crippen LogP contribution in [0.1, 0.15) is 0 Å². The molecule has 0 atom stereocenters. The van der Waals surface area contributed by atoms with Gasteiger partial charge in [0.05, 0.1) is 20.8 Å². The molecule has 2 amide bonds. The second-order valence-corrected chi connectivity index (χ2v) is 3.97. The molecule has 0 heterocycles. The Kier molecular flexibility index (Phi) is 5.79. The number of rotatable bonds is 5. The zero-order valence-electron chi connectivity index (χ0n) is 11.7. The standard InChI is InChI=1S/C13H18N2O5/c1-15(6-7-16)13(18)12(17)14-9-4-5-10(19-2)11(8-9)20-3/h4-5,8,16H,6-7H2,1-3H3,(H,14,17). The number of carbonyl (C=O) groups is 2. The third-order valence-corrected chi connectivity index (χ3v) is 2.62. The molecule has 7 nitrogen and oxygen atoms in total. The van der Waals surface area contributed by atoms with E-state index in [4.69, 9.17) is 14.6 Å². The van der Waals surface area contributed by atoms with Crippen LogP contribution in [0.4, 0.5) is 5.69 Å². The molecule has 1 aromatic rings. The van der Waals surface area contributed by atoms with E-state index >= 15 is 0 Å². The van der Waals surface area contributed by atoms with E-state index in [1.54, 1.807) is 18.2 Å². The number of methoxy groups -OCH3 is 2. The van der Waals surface area contributed by atoms with Gasteiger partial charge in [-0.3, -0.25) is 9.59 Å². The van der Waals surface area contributed by atoms with Crippen LogP contribution in [-0.2, 0) is 9.59 Å². The molecule has 0 fully saturated rings. The van der Waals surface area contributed by atoms with Crippen LogP contribution in [0.3, 0.4) is 0 Å². The molecule has 0 bridgehead atoms. The third kappa shape index (κ3) is 3.86. The predicted octanol–water partition coefficient (Wildman–Crippen LogP) is 0.0930. The van der Waals surface area contributed by atoms with Crippen molar-refractivity contribution in [2.75, 3.05) is 39.7 Å². The van der Waals surface area contributed by atoms with Crippen LogP contribution in [0.15, 0.2) is 18.2 Å². The number of carbonyl (C=O) groups excluding carboxylic acids is 2. The highest BCUT2D eigenvalue weighted by atomic mass is 16.5. The van der Waals surface area contributed by atoms with Gasteiger partial charge in [0.25, 0.3) is 0 Å². The molecule has 110 valence electrons. The van der Waals surface area contributed by atoms with Crippen molar-refractivity contribution in [2.24, 2.45) is 0 Å². The lowest BCUT2D eigenvalue weighted by Crippen LogP contribution is -2.38. The smallest absolute Gasteiger partial charge is 0.313 e. The second-order valence-electron chi connectivity index (χ2n) is 3.97. The maximum absolute atomic E-state index is 11.7. The van der Waals surface area contributed by atoms with Crippen molar-refractivity contribution >= 4 is 17.5 Å². The van der Waals surface area contributed by atoms with Crippen molar-refractivity contribution in [3.8, 4) is 11.5 Å². The summed E-state index contributed by atoms with van der Waals surface area (Å²) < 4.78 is 10.2. The topological polar surface area (TPSA) is 88.1 Å². The van der Waals surface area contributed by atoms with Gasteiger partial charge in [-0.15, -0.1) is 0 Å².